The normalized spacial score (nSPS) is 12.8. The molecule has 1 unspecified atom stereocenters. The van der Waals surface area contributed by atoms with Gasteiger partial charge in [0.05, 0.1) is 16.6 Å². The molecule has 21 heavy (non-hydrogen) atoms. The van der Waals surface area contributed by atoms with E-state index in [0.29, 0.717) is 22.7 Å². The Hall–Kier alpha value is -1.75. The zero-order valence-electron chi connectivity index (χ0n) is 12.4. The van der Waals surface area contributed by atoms with Crippen LogP contribution in [0, 0.1) is 11.3 Å². The number of amides is 1. The molecule has 0 aliphatic rings. The molecule has 0 heterocycles. The van der Waals surface area contributed by atoms with Gasteiger partial charge >= 0.3 is 5.97 Å². The Morgan fingerprint density at radius 2 is 2.00 bits per heavy atom. The van der Waals surface area contributed by atoms with Crippen LogP contribution >= 0.6 is 11.6 Å². The zero-order valence-corrected chi connectivity index (χ0v) is 13.2. The summed E-state index contributed by atoms with van der Waals surface area (Å²) in [6.07, 6.45) is 0.548. The number of halogens is 1. The molecule has 0 saturated carbocycles. The van der Waals surface area contributed by atoms with Crippen molar-refractivity contribution >= 4 is 29.2 Å². The Kier molecular flexibility index (Phi) is 5.61. The molecule has 0 fully saturated rings. The van der Waals surface area contributed by atoms with Gasteiger partial charge in [-0.3, -0.25) is 9.59 Å². The maximum atomic E-state index is 11.3. The van der Waals surface area contributed by atoms with Crippen LogP contribution in [0.4, 0.5) is 5.69 Å². The number of rotatable bonds is 6. The van der Waals surface area contributed by atoms with E-state index in [2.05, 4.69) is 5.32 Å². The van der Waals surface area contributed by atoms with E-state index in [1.54, 1.807) is 12.1 Å². The predicted octanol–water partition coefficient (Wildman–Crippen LogP) is 2.99. The van der Waals surface area contributed by atoms with Gasteiger partial charge in [0, 0.05) is 12.1 Å². The lowest BCUT2D eigenvalue weighted by Gasteiger charge is -2.24. The van der Waals surface area contributed by atoms with Crippen molar-refractivity contribution < 1.29 is 14.7 Å². The molecule has 0 aliphatic carbocycles. The molecule has 0 spiro atoms. The van der Waals surface area contributed by atoms with Crippen molar-refractivity contribution in [2.45, 2.75) is 27.2 Å². The van der Waals surface area contributed by atoms with Gasteiger partial charge in [0.15, 0.2) is 0 Å². The van der Waals surface area contributed by atoms with Gasteiger partial charge < -0.3 is 16.2 Å². The van der Waals surface area contributed by atoms with E-state index < -0.39 is 17.8 Å². The summed E-state index contributed by atoms with van der Waals surface area (Å²) in [5.41, 5.74) is 5.99. The Morgan fingerprint density at radius 3 is 2.43 bits per heavy atom. The minimum atomic E-state index is -0.845. The van der Waals surface area contributed by atoms with Crippen molar-refractivity contribution in [3.05, 3.63) is 28.8 Å². The van der Waals surface area contributed by atoms with Crippen molar-refractivity contribution in [1.82, 2.24) is 0 Å². The van der Waals surface area contributed by atoms with E-state index >= 15 is 0 Å². The van der Waals surface area contributed by atoms with Crippen LogP contribution in [0.3, 0.4) is 0 Å². The molecule has 6 heteroatoms. The molecule has 0 saturated heterocycles. The number of hydrogen-bond acceptors (Lipinski definition) is 3. The van der Waals surface area contributed by atoms with Gasteiger partial charge in [0.2, 0.25) is 5.91 Å². The SMILES string of the molecule is CC(C)(C)CC(CNc1ccc(C(N)=O)cc1Cl)C(=O)O. The summed E-state index contributed by atoms with van der Waals surface area (Å²) in [6, 6.07) is 4.64. The van der Waals surface area contributed by atoms with Crippen LogP contribution in [-0.4, -0.2) is 23.5 Å². The number of nitrogens with two attached hydrogens (primary N) is 1. The van der Waals surface area contributed by atoms with Gasteiger partial charge in [-0.2, -0.15) is 0 Å². The first-order chi connectivity index (χ1) is 9.60. The highest BCUT2D eigenvalue weighted by Crippen LogP contribution is 2.27. The third-order valence-electron chi connectivity index (χ3n) is 3.00. The summed E-state index contributed by atoms with van der Waals surface area (Å²) in [6.45, 7) is 6.26. The lowest BCUT2D eigenvalue weighted by Crippen LogP contribution is -2.27. The summed E-state index contributed by atoms with van der Waals surface area (Å²) in [5, 5.41) is 12.6. The summed E-state index contributed by atoms with van der Waals surface area (Å²) in [5.74, 6) is -1.92. The standard InChI is InChI=1S/C15H21ClN2O3/c1-15(2,3)7-10(14(20)21)8-18-12-5-4-9(13(17)19)6-11(12)16/h4-6,10,18H,7-8H2,1-3H3,(H2,17,19)(H,20,21). The van der Waals surface area contributed by atoms with E-state index in [4.69, 9.17) is 17.3 Å². The fourth-order valence-corrected chi connectivity index (χ4v) is 2.28. The molecule has 1 amide bonds. The molecule has 0 radical (unpaired) electrons. The van der Waals surface area contributed by atoms with Crippen LogP contribution in [0.1, 0.15) is 37.6 Å². The topological polar surface area (TPSA) is 92.4 Å². The number of primary amides is 1. The first kappa shape index (κ1) is 17.3. The number of nitrogens with one attached hydrogen (secondary N) is 1. The molecule has 1 aromatic carbocycles. The van der Waals surface area contributed by atoms with Crippen molar-refractivity contribution in [3.63, 3.8) is 0 Å². The van der Waals surface area contributed by atoms with E-state index in [-0.39, 0.29) is 12.0 Å². The van der Waals surface area contributed by atoms with Gasteiger partial charge in [0.1, 0.15) is 0 Å². The molecule has 5 nitrogen and oxygen atoms in total. The number of benzene rings is 1. The maximum Gasteiger partial charge on any atom is 0.308 e. The smallest absolute Gasteiger partial charge is 0.308 e. The molecular formula is C15H21ClN2O3. The van der Waals surface area contributed by atoms with E-state index in [0.717, 1.165) is 0 Å². The van der Waals surface area contributed by atoms with Gasteiger partial charge in [-0.15, -0.1) is 0 Å². The quantitative estimate of drug-likeness (QED) is 0.753. The second-order valence-electron chi connectivity index (χ2n) is 6.24. The van der Waals surface area contributed by atoms with Crippen LogP contribution < -0.4 is 11.1 Å². The van der Waals surface area contributed by atoms with Gasteiger partial charge in [-0.25, -0.2) is 0 Å². The highest BCUT2D eigenvalue weighted by atomic mass is 35.5. The molecule has 0 aromatic heterocycles. The number of carboxylic acids is 1. The molecule has 1 rings (SSSR count). The number of carboxylic acid groups (broad SMARTS) is 1. The van der Waals surface area contributed by atoms with E-state index in [1.165, 1.54) is 6.07 Å². The van der Waals surface area contributed by atoms with Crippen LogP contribution in [0.15, 0.2) is 18.2 Å². The summed E-state index contributed by atoms with van der Waals surface area (Å²) >= 11 is 6.05. The first-order valence-electron chi connectivity index (χ1n) is 6.66. The molecule has 0 aliphatic heterocycles. The largest absolute Gasteiger partial charge is 0.481 e. The Bertz CT molecular complexity index is 538. The van der Waals surface area contributed by atoms with Crippen LogP contribution in [-0.2, 0) is 4.79 Å². The second kappa shape index (κ2) is 6.80. The molecule has 1 atom stereocenters. The van der Waals surface area contributed by atoms with Crippen LogP contribution in [0.25, 0.3) is 0 Å². The van der Waals surface area contributed by atoms with Crippen LogP contribution in [0.5, 0.6) is 0 Å². The maximum absolute atomic E-state index is 11.3. The lowest BCUT2D eigenvalue weighted by atomic mass is 9.84. The Morgan fingerprint density at radius 1 is 1.38 bits per heavy atom. The van der Waals surface area contributed by atoms with Crippen molar-refractivity contribution in [3.8, 4) is 0 Å². The second-order valence-corrected chi connectivity index (χ2v) is 6.65. The van der Waals surface area contributed by atoms with Crippen molar-refractivity contribution in [2.24, 2.45) is 17.1 Å². The average Bonchev–Trinajstić information content (AvgIpc) is 2.33. The number of hydrogen-bond donors (Lipinski definition) is 3. The Labute approximate surface area is 129 Å². The molecule has 0 bridgehead atoms. The molecule has 116 valence electrons. The average molecular weight is 313 g/mol. The van der Waals surface area contributed by atoms with Crippen LogP contribution in [0.2, 0.25) is 5.02 Å². The highest BCUT2D eigenvalue weighted by molar-refractivity contribution is 6.33. The number of aliphatic carboxylic acids is 1. The minimum absolute atomic E-state index is 0.0790. The summed E-state index contributed by atoms with van der Waals surface area (Å²) < 4.78 is 0. The van der Waals surface area contributed by atoms with Gasteiger partial charge in [-0.05, 0) is 30.0 Å². The monoisotopic (exact) mass is 312 g/mol. The van der Waals surface area contributed by atoms with E-state index in [9.17, 15) is 14.7 Å². The Balaban J connectivity index is 2.77. The predicted molar refractivity (Wildman–Crippen MR) is 83.7 cm³/mol. The molecular weight excluding hydrogens is 292 g/mol. The fourth-order valence-electron chi connectivity index (χ4n) is 2.03. The highest BCUT2D eigenvalue weighted by Gasteiger charge is 2.24. The van der Waals surface area contributed by atoms with Crippen molar-refractivity contribution in [2.75, 3.05) is 11.9 Å². The van der Waals surface area contributed by atoms with E-state index in [1.807, 2.05) is 20.8 Å². The number of anilines is 1. The minimum Gasteiger partial charge on any atom is -0.481 e. The third kappa shape index (κ3) is 5.63. The number of carbonyl (C=O) groups is 2. The zero-order chi connectivity index (χ0) is 16.2. The molecule has 1 aromatic rings. The third-order valence-corrected chi connectivity index (χ3v) is 3.31. The lowest BCUT2D eigenvalue weighted by molar-refractivity contribution is -0.142. The first-order valence-corrected chi connectivity index (χ1v) is 7.04. The fraction of sp³-hybridized carbons (Fsp3) is 0.467. The van der Waals surface area contributed by atoms with Gasteiger partial charge in [0.25, 0.3) is 0 Å². The number of carbonyl (C=O) groups excluding carboxylic acids is 1. The molecule has 4 N–H and O–H groups in total. The van der Waals surface area contributed by atoms with Gasteiger partial charge in [-0.1, -0.05) is 32.4 Å². The summed E-state index contributed by atoms with van der Waals surface area (Å²) in [7, 11) is 0. The van der Waals surface area contributed by atoms with Crippen molar-refractivity contribution in [1.29, 1.82) is 0 Å². The summed E-state index contributed by atoms with van der Waals surface area (Å²) in [4.78, 5) is 22.3.